The highest BCUT2D eigenvalue weighted by Crippen LogP contribution is 2.26. The van der Waals surface area contributed by atoms with Crippen LogP contribution in [-0.4, -0.2) is 25.2 Å². The van der Waals surface area contributed by atoms with E-state index in [0.717, 1.165) is 19.6 Å². The summed E-state index contributed by atoms with van der Waals surface area (Å²) in [6, 6.07) is 0. The molecule has 0 radical (unpaired) electrons. The van der Waals surface area contributed by atoms with Crippen LogP contribution in [-0.2, 0) is 0 Å². The summed E-state index contributed by atoms with van der Waals surface area (Å²) in [6.45, 7) is 7.98. The summed E-state index contributed by atoms with van der Waals surface area (Å²) in [6.07, 6.45) is 8.21. The van der Waals surface area contributed by atoms with Gasteiger partial charge in [-0.2, -0.15) is 0 Å². The summed E-state index contributed by atoms with van der Waals surface area (Å²) in [5, 5.41) is 7.12. The second kappa shape index (κ2) is 6.41. The van der Waals surface area contributed by atoms with Crippen LogP contribution in [0, 0.1) is 0 Å². The van der Waals surface area contributed by atoms with Crippen molar-refractivity contribution in [1.82, 2.24) is 10.6 Å². The molecule has 1 rings (SSSR count). The summed E-state index contributed by atoms with van der Waals surface area (Å²) < 4.78 is 0. The SMILES string of the molecule is CCCNCCNC1(C)CCCCC1. The van der Waals surface area contributed by atoms with Crippen molar-refractivity contribution in [2.45, 2.75) is 57.9 Å². The van der Waals surface area contributed by atoms with Crippen LogP contribution in [0.4, 0.5) is 0 Å². The lowest BCUT2D eigenvalue weighted by Crippen LogP contribution is -2.46. The van der Waals surface area contributed by atoms with E-state index in [9.17, 15) is 0 Å². The minimum Gasteiger partial charge on any atom is -0.315 e. The van der Waals surface area contributed by atoms with E-state index in [2.05, 4.69) is 24.5 Å². The molecule has 0 atom stereocenters. The zero-order chi connectivity index (χ0) is 10.3. The fourth-order valence-electron chi connectivity index (χ4n) is 2.26. The highest BCUT2D eigenvalue weighted by atomic mass is 15.0. The second-order valence-corrected chi connectivity index (χ2v) is 4.80. The van der Waals surface area contributed by atoms with Gasteiger partial charge in [0.25, 0.3) is 0 Å². The molecule has 0 spiro atoms. The number of hydrogen-bond donors (Lipinski definition) is 2. The molecule has 0 unspecified atom stereocenters. The molecule has 0 amide bonds. The Morgan fingerprint density at radius 1 is 1.00 bits per heavy atom. The third kappa shape index (κ3) is 4.43. The second-order valence-electron chi connectivity index (χ2n) is 4.80. The minimum absolute atomic E-state index is 0.437. The van der Waals surface area contributed by atoms with Gasteiger partial charge in [-0.25, -0.2) is 0 Å². The standard InChI is InChI=1S/C12H26N2/c1-3-9-13-10-11-14-12(2)7-5-4-6-8-12/h13-14H,3-11H2,1-2H3. The molecule has 0 saturated heterocycles. The van der Waals surface area contributed by atoms with Crippen LogP contribution in [0.15, 0.2) is 0 Å². The molecule has 0 bridgehead atoms. The molecule has 0 aromatic heterocycles. The molecule has 0 aliphatic heterocycles. The van der Waals surface area contributed by atoms with Gasteiger partial charge in [-0.15, -0.1) is 0 Å². The first-order valence-electron chi connectivity index (χ1n) is 6.22. The quantitative estimate of drug-likeness (QED) is 0.640. The van der Waals surface area contributed by atoms with Crippen LogP contribution < -0.4 is 10.6 Å². The monoisotopic (exact) mass is 198 g/mol. The van der Waals surface area contributed by atoms with Crippen LogP contribution in [0.5, 0.6) is 0 Å². The van der Waals surface area contributed by atoms with E-state index in [1.165, 1.54) is 38.5 Å². The maximum Gasteiger partial charge on any atom is 0.0153 e. The lowest BCUT2D eigenvalue weighted by atomic mass is 9.83. The maximum atomic E-state index is 3.69. The molecule has 1 fully saturated rings. The Bertz CT molecular complexity index is 139. The average Bonchev–Trinajstić information content (AvgIpc) is 2.18. The van der Waals surface area contributed by atoms with Crippen molar-refractivity contribution in [3.63, 3.8) is 0 Å². The molecule has 1 saturated carbocycles. The summed E-state index contributed by atoms with van der Waals surface area (Å²) in [7, 11) is 0. The molecule has 14 heavy (non-hydrogen) atoms. The molecule has 0 aromatic rings. The van der Waals surface area contributed by atoms with E-state index in [1.54, 1.807) is 0 Å². The molecule has 0 aromatic carbocycles. The van der Waals surface area contributed by atoms with Crippen LogP contribution in [0.2, 0.25) is 0 Å². The van der Waals surface area contributed by atoms with Crippen molar-refractivity contribution in [3.8, 4) is 0 Å². The Balaban J connectivity index is 2.03. The fourth-order valence-corrected chi connectivity index (χ4v) is 2.26. The first-order chi connectivity index (χ1) is 6.77. The first-order valence-corrected chi connectivity index (χ1v) is 6.22. The predicted octanol–water partition coefficient (Wildman–Crippen LogP) is 2.30. The highest BCUT2D eigenvalue weighted by molar-refractivity contribution is 4.86. The lowest BCUT2D eigenvalue weighted by Gasteiger charge is -2.34. The van der Waals surface area contributed by atoms with Crippen molar-refractivity contribution >= 4 is 0 Å². The fraction of sp³-hybridized carbons (Fsp3) is 1.00. The Kier molecular flexibility index (Phi) is 5.49. The summed E-state index contributed by atoms with van der Waals surface area (Å²) >= 11 is 0. The maximum absolute atomic E-state index is 3.69. The third-order valence-electron chi connectivity index (χ3n) is 3.24. The normalized spacial score (nSPS) is 21.0. The van der Waals surface area contributed by atoms with Crippen molar-refractivity contribution in [1.29, 1.82) is 0 Å². The summed E-state index contributed by atoms with van der Waals surface area (Å²) in [4.78, 5) is 0. The van der Waals surface area contributed by atoms with Gasteiger partial charge < -0.3 is 10.6 Å². The van der Waals surface area contributed by atoms with E-state index in [4.69, 9.17) is 0 Å². The number of nitrogens with one attached hydrogen (secondary N) is 2. The van der Waals surface area contributed by atoms with Gasteiger partial charge >= 0.3 is 0 Å². The number of rotatable bonds is 6. The Labute approximate surface area is 88.8 Å². The van der Waals surface area contributed by atoms with Crippen molar-refractivity contribution < 1.29 is 0 Å². The smallest absolute Gasteiger partial charge is 0.0153 e. The zero-order valence-electron chi connectivity index (χ0n) is 9.86. The van der Waals surface area contributed by atoms with Crippen LogP contribution in [0.1, 0.15) is 52.4 Å². The van der Waals surface area contributed by atoms with E-state index in [0.29, 0.717) is 5.54 Å². The van der Waals surface area contributed by atoms with Crippen LogP contribution >= 0.6 is 0 Å². The van der Waals surface area contributed by atoms with E-state index < -0.39 is 0 Å². The largest absolute Gasteiger partial charge is 0.315 e. The molecular formula is C12H26N2. The molecular weight excluding hydrogens is 172 g/mol. The van der Waals surface area contributed by atoms with Gasteiger partial charge in [0.2, 0.25) is 0 Å². The molecule has 1 aliphatic rings. The molecule has 0 heterocycles. The topological polar surface area (TPSA) is 24.1 Å². The molecule has 84 valence electrons. The summed E-state index contributed by atoms with van der Waals surface area (Å²) in [5.74, 6) is 0. The van der Waals surface area contributed by atoms with Crippen molar-refractivity contribution in [3.05, 3.63) is 0 Å². The third-order valence-corrected chi connectivity index (χ3v) is 3.24. The van der Waals surface area contributed by atoms with Crippen LogP contribution in [0.3, 0.4) is 0 Å². The predicted molar refractivity (Wildman–Crippen MR) is 62.7 cm³/mol. The zero-order valence-corrected chi connectivity index (χ0v) is 9.86. The molecule has 2 nitrogen and oxygen atoms in total. The van der Waals surface area contributed by atoms with E-state index >= 15 is 0 Å². The minimum atomic E-state index is 0.437. The summed E-state index contributed by atoms with van der Waals surface area (Å²) in [5.41, 5.74) is 0.437. The van der Waals surface area contributed by atoms with Gasteiger partial charge in [-0.3, -0.25) is 0 Å². The van der Waals surface area contributed by atoms with Crippen LogP contribution in [0.25, 0.3) is 0 Å². The van der Waals surface area contributed by atoms with Gasteiger partial charge in [0.1, 0.15) is 0 Å². The Hall–Kier alpha value is -0.0800. The van der Waals surface area contributed by atoms with E-state index in [1.807, 2.05) is 0 Å². The lowest BCUT2D eigenvalue weighted by molar-refractivity contribution is 0.255. The highest BCUT2D eigenvalue weighted by Gasteiger charge is 2.25. The molecule has 2 heteroatoms. The van der Waals surface area contributed by atoms with Crippen molar-refractivity contribution in [2.75, 3.05) is 19.6 Å². The Morgan fingerprint density at radius 2 is 1.71 bits per heavy atom. The van der Waals surface area contributed by atoms with Gasteiger partial charge in [-0.05, 0) is 32.7 Å². The average molecular weight is 198 g/mol. The molecule has 2 N–H and O–H groups in total. The Morgan fingerprint density at radius 3 is 2.36 bits per heavy atom. The number of hydrogen-bond acceptors (Lipinski definition) is 2. The van der Waals surface area contributed by atoms with Gasteiger partial charge in [0.15, 0.2) is 0 Å². The van der Waals surface area contributed by atoms with Gasteiger partial charge in [0.05, 0.1) is 0 Å². The first kappa shape index (κ1) is 12.0. The van der Waals surface area contributed by atoms with Gasteiger partial charge in [-0.1, -0.05) is 26.2 Å². The molecule has 1 aliphatic carbocycles. The van der Waals surface area contributed by atoms with E-state index in [-0.39, 0.29) is 0 Å². The van der Waals surface area contributed by atoms with Crippen molar-refractivity contribution in [2.24, 2.45) is 0 Å². The van der Waals surface area contributed by atoms with Gasteiger partial charge in [0, 0.05) is 18.6 Å².